The molecule has 41 heavy (non-hydrogen) atoms. The molecule has 0 saturated carbocycles. The van der Waals surface area contributed by atoms with Gasteiger partial charge in [0.15, 0.2) is 5.58 Å². The van der Waals surface area contributed by atoms with Gasteiger partial charge in [0.1, 0.15) is 11.3 Å². The van der Waals surface area contributed by atoms with E-state index in [1.807, 2.05) is 48.7 Å². The lowest BCUT2D eigenvalue weighted by atomic mass is 9.77. The van der Waals surface area contributed by atoms with Crippen molar-refractivity contribution in [3.8, 4) is 39.6 Å². The lowest BCUT2D eigenvalue weighted by Crippen LogP contribution is -2.19. The van der Waals surface area contributed by atoms with Crippen molar-refractivity contribution in [2.24, 2.45) is 0 Å². The minimum Gasteiger partial charge on any atom is -0.507 e. The number of hydrogen-bond acceptors (Lipinski definition) is 4. The molecule has 0 atom stereocenters. The fourth-order valence-corrected chi connectivity index (χ4v) is 5.41. The number of aromatic hydroxyl groups is 1. The van der Waals surface area contributed by atoms with Gasteiger partial charge in [-0.3, -0.25) is 4.98 Å². The van der Waals surface area contributed by atoms with E-state index in [4.69, 9.17) is 9.40 Å². The number of rotatable bonds is 5. The Morgan fingerprint density at radius 2 is 1.41 bits per heavy atom. The minimum atomic E-state index is -0.347. The summed E-state index contributed by atoms with van der Waals surface area (Å²) in [6.45, 7) is 10.9. The third-order valence-electron chi connectivity index (χ3n) is 7.94. The molecular formula is C37H34N2O2. The van der Waals surface area contributed by atoms with Crippen LogP contribution in [0.15, 0.2) is 114 Å². The van der Waals surface area contributed by atoms with Gasteiger partial charge in [0.05, 0.1) is 11.3 Å². The third-order valence-corrected chi connectivity index (χ3v) is 7.94. The molecular weight excluding hydrogens is 504 g/mol. The van der Waals surface area contributed by atoms with Gasteiger partial charge >= 0.3 is 0 Å². The summed E-state index contributed by atoms with van der Waals surface area (Å²) in [5, 5.41) is 10.9. The molecule has 0 spiro atoms. The number of nitrogens with zero attached hydrogens (tertiary/aromatic N) is 2. The van der Waals surface area contributed by atoms with Crippen molar-refractivity contribution in [2.45, 2.75) is 45.4 Å². The first-order valence-corrected chi connectivity index (χ1v) is 14.0. The summed E-state index contributed by atoms with van der Waals surface area (Å²) >= 11 is 0. The van der Waals surface area contributed by atoms with E-state index in [0.717, 1.165) is 44.6 Å². The number of benzene rings is 4. The summed E-state index contributed by atoms with van der Waals surface area (Å²) < 4.78 is 6.64. The molecule has 4 heteroatoms. The lowest BCUT2D eigenvalue weighted by Gasteiger charge is -2.26. The summed E-state index contributed by atoms with van der Waals surface area (Å²) in [7, 11) is 0. The van der Waals surface area contributed by atoms with E-state index in [1.54, 1.807) is 6.07 Å². The van der Waals surface area contributed by atoms with Gasteiger partial charge < -0.3 is 9.52 Å². The van der Waals surface area contributed by atoms with Gasteiger partial charge in [-0.1, -0.05) is 107 Å². The summed E-state index contributed by atoms with van der Waals surface area (Å²) in [6, 6.07) is 34.7. The second kappa shape index (κ2) is 10.0. The number of pyridine rings is 1. The molecule has 0 aliphatic carbocycles. The molecule has 0 amide bonds. The molecule has 6 rings (SSSR count). The van der Waals surface area contributed by atoms with Crippen LogP contribution in [0, 0.1) is 0 Å². The molecule has 204 valence electrons. The molecule has 6 aromatic rings. The number of oxazole rings is 1. The van der Waals surface area contributed by atoms with Crippen LogP contribution in [0.4, 0.5) is 0 Å². The van der Waals surface area contributed by atoms with Crippen LogP contribution >= 0.6 is 0 Å². The molecule has 0 aliphatic rings. The Morgan fingerprint density at radius 3 is 2.15 bits per heavy atom. The predicted molar refractivity (Wildman–Crippen MR) is 167 cm³/mol. The van der Waals surface area contributed by atoms with Crippen LogP contribution in [0.1, 0.15) is 51.3 Å². The van der Waals surface area contributed by atoms with E-state index < -0.39 is 0 Å². The molecule has 0 bridgehead atoms. The zero-order valence-electron chi connectivity index (χ0n) is 24.1. The highest BCUT2D eigenvalue weighted by Crippen LogP contribution is 2.43. The van der Waals surface area contributed by atoms with Crippen molar-refractivity contribution in [3.05, 3.63) is 126 Å². The molecule has 4 nitrogen and oxygen atoms in total. The summed E-state index contributed by atoms with van der Waals surface area (Å²) in [4.78, 5) is 9.62. The molecule has 0 unspecified atom stereocenters. The maximum absolute atomic E-state index is 10.9. The maximum Gasteiger partial charge on any atom is 0.231 e. The van der Waals surface area contributed by atoms with Crippen molar-refractivity contribution in [3.63, 3.8) is 0 Å². The first-order valence-electron chi connectivity index (χ1n) is 14.0. The van der Waals surface area contributed by atoms with E-state index in [0.29, 0.717) is 11.5 Å². The zero-order valence-corrected chi connectivity index (χ0v) is 24.1. The van der Waals surface area contributed by atoms with Crippen LogP contribution in [0.25, 0.3) is 44.9 Å². The van der Waals surface area contributed by atoms with Crippen LogP contribution < -0.4 is 0 Å². The van der Waals surface area contributed by atoms with E-state index in [2.05, 4.69) is 94.2 Å². The van der Waals surface area contributed by atoms with Gasteiger partial charge in [-0.25, -0.2) is 4.98 Å². The Labute approximate surface area is 241 Å². The Bertz CT molecular complexity index is 1850. The SMILES string of the molecule is CC(C)(C)c1ccc(O)c(-c2nc3c(-c4cccc(-c5ccccn5)c4)ccc(C(C)(C)c4ccccc4)c3o2)c1. The third kappa shape index (κ3) is 4.91. The fraction of sp³-hybridized carbons (Fsp3) is 0.189. The molecule has 0 fully saturated rings. The highest BCUT2D eigenvalue weighted by molar-refractivity contribution is 5.95. The molecule has 1 N–H and O–H groups in total. The Hall–Kier alpha value is -4.70. The quantitative estimate of drug-likeness (QED) is 0.237. The van der Waals surface area contributed by atoms with Crippen molar-refractivity contribution >= 4 is 11.1 Å². The van der Waals surface area contributed by atoms with Gasteiger partial charge in [0.25, 0.3) is 0 Å². The molecule has 2 heterocycles. The second-order valence-electron chi connectivity index (χ2n) is 12.1. The van der Waals surface area contributed by atoms with Crippen LogP contribution in [0.3, 0.4) is 0 Å². The van der Waals surface area contributed by atoms with Crippen LogP contribution in [-0.4, -0.2) is 15.1 Å². The largest absolute Gasteiger partial charge is 0.507 e. The Kier molecular flexibility index (Phi) is 6.50. The normalized spacial score (nSPS) is 12.1. The predicted octanol–water partition coefficient (Wildman–Crippen LogP) is 9.55. The zero-order chi connectivity index (χ0) is 28.8. The Balaban J connectivity index is 1.59. The minimum absolute atomic E-state index is 0.0913. The van der Waals surface area contributed by atoms with E-state index in [1.165, 1.54) is 5.56 Å². The highest BCUT2D eigenvalue weighted by Gasteiger charge is 2.29. The molecule has 4 aromatic carbocycles. The number of hydrogen-bond donors (Lipinski definition) is 1. The summed E-state index contributed by atoms with van der Waals surface area (Å²) in [5.74, 6) is 0.550. The average Bonchev–Trinajstić information content (AvgIpc) is 3.42. The maximum atomic E-state index is 10.9. The van der Waals surface area contributed by atoms with Gasteiger partial charge in [0.2, 0.25) is 5.89 Å². The van der Waals surface area contributed by atoms with Crippen molar-refractivity contribution < 1.29 is 9.52 Å². The van der Waals surface area contributed by atoms with Gasteiger partial charge in [-0.15, -0.1) is 0 Å². The van der Waals surface area contributed by atoms with Gasteiger partial charge in [-0.05, 0) is 52.4 Å². The number of phenols is 1. The van der Waals surface area contributed by atoms with Crippen LogP contribution in [0.2, 0.25) is 0 Å². The summed E-state index contributed by atoms with van der Waals surface area (Å²) in [6.07, 6.45) is 1.81. The average molecular weight is 539 g/mol. The fourth-order valence-electron chi connectivity index (χ4n) is 5.41. The van der Waals surface area contributed by atoms with Gasteiger partial charge in [-0.2, -0.15) is 0 Å². The first kappa shape index (κ1) is 26.5. The number of fused-ring (bicyclic) bond motifs is 1. The smallest absolute Gasteiger partial charge is 0.231 e. The second-order valence-corrected chi connectivity index (χ2v) is 12.1. The van der Waals surface area contributed by atoms with E-state index >= 15 is 0 Å². The van der Waals surface area contributed by atoms with Crippen LogP contribution in [0.5, 0.6) is 5.75 Å². The molecule has 2 aromatic heterocycles. The van der Waals surface area contributed by atoms with Crippen molar-refractivity contribution in [1.82, 2.24) is 9.97 Å². The monoisotopic (exact) mass is 538 g/mol. The van der Waals surface area contributed by atoms with E-state index in [9.17, 15) is 5.11 Å². The lowest BCUT2D eigenvalue weighted by molar-refractivity contribution is 0.472. The van der Waals surface area contributed by atoms with Crippen LogP contribution in [-0.2, 0) is 10.8 Å². The molecule has 0 saturated heterocycles. The highest BCUT2D eigenvalue weighted by atomic mass is 16.4. The van der Waals surface area contributed by atoms with E-state index in [-0.39, 0.29) is 16.6 Å². The number of phenolic OH excluding ortho intramolecular Hbond substituents is 1. The topological polar surface area (TPSA) is 59.2 Å². The van der Waals surface area contributed by atoms with Crippen molar-refractivity contribution in [1.29, 1.82) is 0 Å². The first-order chi connectivity index (χ1) is 19.6. The summed E-state index contributed by atoms with van der Waals surface area (Å²) in [5.41, 5.74) is 8.88. The van der Waals surface area contributed by atoms with Crippen molar-refractivity contribution in [2.75, 3.05) is 0 Å². The molecule has 0 aliphatic heterocycles. The van der Waals surface area contributed by atoms with Gasteiger partial charge in [0, 0.05) is 28.3 Å². The number of aromatic nitrogens is 2. The Morgan fingerprint density at radius 1 is 0.659 bits per heavy atom. The molecule has 0 radical (unpaired) electrons. The standard InChI is InChI=1S/C37H34N2O2/c1-36(2,3)27-17-20-32(40)29(23-27)35-39-33-28(24-12-11-13-25(22-24)31-16-9-10-21-38-31)18-19-30(34(33)41-35)37(4,5)26-14-7-6-8-15-26/h6-23,40H,1-5H3.